The summed E-state index contributed by atoms with van der Waals surface area (Å²) >= 11 is 8.51. The van der Waals surface area contributed by atoms with Crippen molar-refractivity contribution in [3.05, 3.63) is 34.8 Å². The van der Waals surface area contributed by atoms with Gasteiger partial charge in [-0.15, -0.1) is 22.0 Å². The summed E-state index contributed by atoms with van der Waals surface area (Å²) in [6.07, 6.45) is 0. The SMILES string of the molecule is O=C(CSc1ccc(Cl)cc1)Nc1nncs1. The molecule has 1 aromatic carbocycles. The number of carbonyl (C=O) groups excluding carboxylic acids is 1. The maximum atomic E-state index is 11.5. The highest BCUT2D eigenvalue weighted by atomic mass is 35.5. The standard InChI is InChI=1S/C10H8ClN3OS2/c11-7-1-3-8(4-2-7)16-5-9(15)13-10-14-12-6-17-10/h1-4,6H,5H2,(H,13,14,15). The van der Waals surface area contributed by atoms with Gasteiger partial charge in [0.1, 0.15) is 5.51 Å². The first-order chi connectivity index (χ1) is 8.24. The van der Waals surface area contributed by atoms with Crippen LogP contribution in [0.15, 0.2) is 34.7 Å². The number of hydrogen-bond donors (Lipinski definition) is 1. The molecular formula is C10H8ClN3OS2. The number of rotatable bonds is 4. The van der Waals surface area contributed by atoms with Crippen molar-refractivity contribution in [3.63, 3.8) is 0 Å². The summed E-state index contributed by atoms with van der Waals surface area (Å²) in [4.78, 5) is 12.5. The van der Waals surface area contributed by atoms with E-state index in [1.54, 1.807) is 17.6 Å². The monoisotopic (exact) mass is 285 g/mol. The fourth-order valence-corrected chi connectivity index (χ4v) is 2.35. The van der Waals surface area contributed by atoms with E-state index in [1.165, 1.54) is 23.1 Å². The third kappa shape index (κ3) is 3.99. The lowest BCUT2D eigenvalue weighted by molar-refractivity contribution is -0.113. The summed E-state index contributed by atoms with van der Waals surface area (Å²) < 4.78 is 0. The molecule has 2 aromatic rings. The molecule has 0 aliphatic heterocycles. The Labute approximate surface area is 111 Å². The molecule has 0 aliphatic rings. The Hall–Kier alpha value is -1.11. The topological polar surface area (TPSA) is 54.9 Å². The summed E-state index contributed by atoms with van der Waals surface area (Å²) in [6, 6.07) is 7.36. The van der Waals surface area contributed by atoms with E-state index in [9.17, 15) is 4.79 Å². The van der Waals surface area contributed by atoms with Gasteiger partial charge in [-0.2, -0.15) is 0 Å². The van der Waals surface area contributed by atoms with Gasteiger partial charge in [0.15, 0.2) is 0 Å². The number of carbonyl (C=O) groups is 1. The molecule has 0 unspecified atom stereocenters. The Morgan fingerprint density at radius 3 is 2.82 bits per heavy atom. The van der Waals surface area contributed by atoms with Gasteiger partial charge in [0, 0.05) is 9.92 Å². The first kappa shape index (κ1) is 12.3. The van der Waals surface area contributed by atoms with Gasteiger partial charge in [0.25, 0.3) is 0 Å². The predicted octanol–water partition coefficient (Wildman–Crippen LogP) is 2.92. The van der Waals surface area contributed by atoms with Crippen LogP contribution in [0.5, 0.6) is 0 Å². The van der Waals surface area contributed by atoms with Gasteiger partial charge in [0.05, 0.1) is 5.75 Å². The maximum Gasteiger partial charge on any atom is 0.236 e. The average molecular weight is 286 g/mol. The van der Waals surface area contributed by atoms with Crippen molar-refractivity contribution in [1.29, 1.82) is 0 Å². The van der Waals surface area contributed by atoms with Gasteiger partial charge in [-0.05, 0) is 24.3 Å². The van der Waals surface area contributed by atoms with Crippen molar-refractivity contribution in [2.75, 3.05) is 11.1 Å². The van der Waals surface area contributed by atoms with Gasteiger partial charge in [0.2, 0.25) is 11.0 Å². The second-order valence-corrected chi connectivity index (χ2v) is 5.35. The number of aromatic nitrogens is 2. The molecule has 0 fully saturated rings. The number of nitrogens with one attached hydrogen (secondary N) is 1. The molecule has 1 aromatic heterocycles. The number of amides is 1. The molecule has 0 radical (unpaired) electrons. The molecule has 1 N–H and O–H groups in total. The number of benzene rings is 1. The summed E-state index contributed by atoms with van der Waals surface area (Å²) in [7, 11) is 0. The minimum atomic E-state index is -0.0956. The number of thioether (sulfide) groups is 1. The average Bonchev–Trinajstić information content (AvgIpc) is 2.81. The van der Waals surface area contributed by atoms with Gasteiger partial charge < -0.3 is 0 Å². The van der Waals surface area contributed by atoms with Crippen LogP contribution in [0.1, 0.15) is 0 Å². The lowest BCUT2D eigenvalue weighted by Crippen LogP contribution is -2.13. The van der Waals surface area contributed by atoms with Gasteiger partial charge in [-0.1, -0.05) is 22.9 Å². The second kappa shape index (κ2) is 6.00. The van der Waals surface area contributed by atoms with Crippen LogP contribution >= 0.6 is 34.7 Å². The zero-order chi connectivity index (χ0) is 12.1. The quantitative estimate of drug-likeness (QED) is 0.878. The first-order valence-electron chi connectivity index (χ1n) is 4.68. The molecule has 0 bridgehead atoms. The van der Waals surface area contributed by atoms with Gasteiger partial charge in [-0.3, -0.25) is 10.1 Å². The first-order valence-corrected chi connectivity index (χ1v) is 6.93. The molecule has 17 heavy (non-hydrogen) atoms. The van der Waals surface area contributed by atoms with Crippen molar-refractivity contribution < 1.29 is 4.79 Å². The Morgan fingerprint density at radius 1 is 1.41 bits per heavy atom. The largest absolute Gasteiger partial charge is 0.300 e. The molecule has 0 spiro atoms. The molecule has 0 atom stereocenters. The lowest BCUT2D eigenvalue weighted by Gasteiger charge is -2.01. The molecule has 0 saturated heterocycles. The minimum absolute atomic E-state index is 0.0956. The van der Waals surface area contributed by atoms with E-state index >= 15 is 0 Å². The van der Waals surface area contributed by atoms with E-state index < -0.39 is 0 Å². The Balaban J connectivity index is 1.82. The van der Waals surface area contributed by atoms with E-state index in [0.717, 1.165) is 4.90 Å². The van der Waals surface area contributed by atoms with Crippen LogP contribution in [0.4, 0.5) is 5.13 Å². The van der Waals surface area contributed by atoms with E-state index in [2.05, 4.69) is 15.5 Å². The Kier molecular flexibility index (Phi) is 4.36. The fourth-order valence-electron chi connectivity index (χ4n) is 1.06. The highest BCUT2D eigenvalue weighted by Crippen LogP contribution is 2.20. The van der Waals surface area contributed by atoms with E-state index in [1.807, 2.05) is 12.1 Å². The normalized spacial score (nSPS) is 10.2. The van der Waals surface area contributed by atoms with Gasteiger partial charge in [-0.25, -0.2) is 0 Å². The van der Waals surface area contributed by atoms with Crippen molar-refractivity contribution in [2.45, 2.75) is 4.90 Å². The summed E-state index contributed by atoms with van der Waals surface area (Å²) in [6.45, 7) is 0. The third-order valence-electron chi connectivity index (χ3n) is 1.79. The van der Waals surface area contributed by atoms with Crippen molar-refractivity contribution in [3.8, 4) is 0 Å². The van der Waals surface area contributed by atoms with Crippen LogP contribution in [0.2, 0.25) is 5.02 Å². The number of anilines is 1. The predicted molar refractivity (Wildman–Crippen MR) is 70.7 cm³/mol. The molecule has 1 heterocycles. The number of halogens is 1. The number of hydrogen-bond acceptors (Lipinski definition) is 5. The molecule has 0 aliphatic carbocycles. The second-order valence-electron chi connectivity index (χ2n) is 3.03. The van der Waals surface area contributed by atoms with Crippen LogP contribution in [-0.2, 0) is 4.79 Å². The minimum Gasteiger partial charge on any atom is -0.300 e. The Morgan fingerprint density at radius 2 is 2.18 bits per heavy atom. The maximum absolute atomic E-state index is 11.5. The van der Waals surface area contributed by atoms with Crippen LogP contribution < -0.4 is 5.32 Å². The smallest absolute Gasteiger partial charge is 0.236 e. The van der Waals surface area contributed by atoms with Gasteiger partial charge >= 0.3 is 0 Å². The summed E-state index contributed by atoms with van der Waals surface area (Å²) in [5.74, 6) is 0.239. The molecule has 1 amide bonds. The van der Waals surface area contributed by atoms with E-state index in [0.29, 0.717) is 15.9 Å². The Bertz CT molecular complexity index is 487. The molecule has 88 valence electrons. The zero-order valence-corrected chi connectivity index (χ0v) is 11.0. The molecule has 4 nitrogen and oxygen atoms in total. The highest BCUT2D eigenvalue weighted by molar-refractivity contribution is 8.00. The highest BCUT2D eigenvalue weighted by Gasteiger charge is 2.05. The molecule has 7 heteroatoms. The number of nitrogens with zero attached hydrogens (tertiary/aromatic N) is 2. The zero-order valence-electron chi connectivity index (χ0n) is 8.59. The van der Waals surface area contributed by atoms with Crippen LogP contribution in [-0.4, -0.2) is 21.9 Å². The van der Waals surface area contributed by atoms with Crippen LogP contribution in [0.25, 0.3) is 0 Å². The third-order valence-corrected chi connectivity index (χ3v) is 3.66. The molecule has 2 rings (SSSR count). The van der Waals surface area contributed by atoms with Crippen LogP contribution in [0, 0.1) is 0 Å². The van der Waals surface area contributed by atoms with Crippen molar-refractivity contribution in [2.24, 2.45) is 0 Å². The molecular weight excluding hydrogens is 278 g/mol. The van der Waals surface area contributed by atoms with E-state index in [4.69, 9.17) is 11.6 Å². The molecule has 0 saturated carbocycles. The van der Waals surface area contributed by atoms with Crippen LogP contribution in [0.3, 0.4) is 0 Å². The van der Waals surface area contributed by atoms with E-state index in [-0.39, 0.29) is 5.91 Å². The fraction of sp³-hybridized carbons (Fsp3) is 0.100. The summed E-state index contributed by atoms with van der Waals surface area (Å²) in [5, 5.41) is 11.2. The van der Waals surface area contributed by atoms with Crippen molar-refractivity contribution >= 4 is 45.7 Å². The van der Waals surface area contributed by atoms with Crippen molar-refractivity contribution in [1.82, 2.24) is 10.2 Å². The lowest BCUT2D eigenvalue weighted by atomic mass is 10.4. The summed E-state index contributed by atoms with van der Waals surface area (Å²) in [5.41, 5.74) is 1.57.